The number of aromatic nitrogens is 2. The van der Waals surface area contributed by atoms with Gasteiger partial charge in [0.15, 0.2) is 0 Å². The Kier molecular flexibility index (Phi) is 6.15. The second kappa shape index (κ2) is 8.22. The molecule has 0 aliphatic carbocycles. The van der Waals surface area contributed by atoms with Gasteiger partial charge in [-0.05, 0) is 43.9 Å². The zero-order valence-electron chi connectivity index (χ0n) is 15.1. The molecule has 0 radical (unpaired) electrons. The average molecular weight is 429 g/mol. The molecule has 0 bridgehead atoms. The van der Waals surface area contributed by atoms with Crippen LogP contribution in [0.25, 0.3) is 0 Å². The highest BCUT2D eigenvalue weighted by Gasteiger charge is 2.33. The van der Waals surface area contributed by atoms with E-state index < -0.39 is 15.9 Å². The second-order valence-electron chi connectivity index (χ2n) is 6.46. The number of benzene rings is 1. The fraction of sp³-hybridized carbons (Fsp3) is 0.471. The number of nitrogens with one attached hydrogen (secondary N) is 1. The maximum absolute atomic E-state index is 12.9. The van der Waals surface area contributed by atoms with Crippen LogP contribution in [0, 0.1) is 12.8 Å². The molecular weight excluding hydrogens is 408 g/mol. The molecule has 1 aromatic carbocycles. The van der Waals surface area contributed by atoms with Crippen LogP contribution in [0.1, 0.15) is 30.3 Å². The molecule has 1 aliphatic rings. The predicted molar refractivity (Wildman–Crippen MR) is 106 cm³/mol. The predicted octanol–water partition coefficient (Wildman–Crippen LogP) is 3.10. The van der Waals surface area contributed by atoms with Gasteiger partial charge in [-0.25, -0.2) is 8.42 Å². The number of carbonyl (C=O) groups excluding carboxylic acids is 1. The van der Waals surface area contributed by atoms with Gasteiger partial charge in [-0.2, -0.15) is 4.31 Å². The Hall–Kier alpha value is -1.55. The molecule has 1 atom stereocenters. The fourth-order valence-corrected chi connectivity index (χ4v) is 5.39. The summed E-state index contributed by atoms with van der Waals surface area (Å²) in [4.78, 5) is 12.7. The van der Waals surface area contributed by atoms with Gasteiger partial charge in [0.05, 0.1) is 10.8 Å². The third-order valence-electron chi connectivity index (χ3n) is 4.54. The Bertz CT molecular complexity index is 945. The van der Waals surface area contributed by atoms with Crippen molar-refractivity contribution in [2.75, 3.05) is 18.4 Å². The molecule has 146 valence electrons. The lowest BCUT2D eigenvalue weighted by Gasteiger charge is -2.31. The smallest absolute Gasteiger partial charge is 0.243 e. The summed E-state index contributed by atoms with van der Waals surface area (Å²) in [6, 6.07) is 4.70. The van der Waals surface area contributed by atoms with E-state index in [2.05, 4.69) is 15.5 Å². The van der Waals surface area contributed by atoms with Gasteiger partial charge in [0.2, 0.25) is 21.1 Å². The lowest BCUT2D eigenvalue weighted by atomic mass is 9.99. The summed E-state index contributed by atoms with van der Waals surface area (Å²) in [6.07, 6.45) is 2.00. The summed E-state index contributed by atoms with van der Waals surface area (Å²) >= 11 is 7.41. The second-order valence-corrected chi connectivity index (χ2v) is 9.86. The summed E-state index contributed by atoms with van der Waals surface area (Å²) in [5.74, 6) is -0.654. The largest absolute Gasteiger partial charge is 0.300 e. The first-order valence-electron chi connectivity index (χ1n) is 8.70. The molecule has 3 rings (SSSR count). The molecule has 1 saturated heterocycles. The number of halogens is 1. The highest BCUT2D eigenvalue weighted by Crippen LogP contribution is 2.27. The molecule has 0 unspecified atom stereocenters. The van der Waals surface area contributed by atoms with Crippen molar-refractivity contribution in [1.29, 1.82) is 0 Å². The molecule has 1 aromatic heterocycles. The number of nitrogens with zero attached hydrogens (tertiary/aromatic N) is 3. The van der Waals surface area contributed by atoms with E-state index in [0.717, 1.165) is 17.0 Å². The molecule has 2 heterocycles. The van der Waals surface area contributed by atoms with Crippen molar-refractivity contribution < 1.29 is 13.2 Å². The molecule has 0 saturated carbocycles. The Labute approximate surface area is 167 Å². The van der Waals surface area contributed by atoms with Crippen LogP contribution >= 0.6 is 22.9 Å². The van der Waals surface area contributed by atoms with Gasteiger partial charge >= 0.3 is 0 Å². The normalized spacial score (nSPS) is 18.4. The van der Waals surface area contributed by atoms with E-state index >= 15 is 0 Å². The lowest BCUT2D eigenvalue weighted by molar-refractivity contribution is -0.120. The van der Waals surface area contributed by atoms with Gasteiger partial charge in [-0.15, -0.1) is 10.2 Å². The lowest BCUT2D eigenvalue weighted by Crippen LogP contribution is -2.43. The van der Waals surface area contributed by atoms with Crippen LogP contribution in [0.3, 0.4) is 0 Å². The van der Waals surface area contributed by atoms with Crippen molar-refractivity contribution in [3.63, 3.8) is 0 Å². The summed E-state index contributed by atoms with van der Waals surface area (Å²) in [5, 5.41) is 12.4. The van der Waals surface area contributed by atoms with E-state index in [9.17, 15) is 13.2 Å². The fourth-order valence-electron chi connectivity index (χ4n) is 2.91. The molecule has 10 heteroatoms. The van der Waals surface area contributed by atoms with E-state index in [1.807, 2.05) is 13.8 Å². The maximum Gasteiger partial charge on any atom is 0.243 e. The summed E-state index contributed by atoms with van der Waals surface area (Å²) < 4.78 is 27.2. The average Bonchev–Trinajstić information content (AvgIpc) is 3.11. The molecule has 1 amide bonds. The van der Waals surface area contributed by atoms with Crippen LogP contribution in [-0.4, -0.2) is 41.9 Å². The number of aryl methyl sites for hydroxylation is 2. The van der Waals surface area contributed by atoms with E-state index in [1.54, 1.807) is 12.1 Å². The van der Waals surface area contributed by atoms with E-state index in [0.29, 0.717) is 29.5 Å². The first-order chi connectivity index (χ1) is 12.8. The Morgan fingerprint density at radius 1 is 1.41 bits per heavy atom. The van der Waals surface area contributed by atoms with Gasteiger partial charge in [-0.3, -0.25) is 4.79 Å². The van der Waals surface area contributed by atoms with Crippen molar-refractivity contribution in [3.8, 4) is 0 Å². The Balaban J connectivity index is 1.72. The molecule has 1 fully saturated rings. The van der Waals surface area contributed by atoms with Crippen LogP contribution in [-0.2, 0) is 21.2 Å². The molecular formula is C17H21ClN4O3S2. The van der Waals surface area contributed by atoms with Crippen LogP contribution < -0.4 is 5.32 Å². The minimum Gasteiger partial charge on any atom is -0.300 e. The monoisotopic (exact) mass is 428 g/mol. The third-order valence-corrected chi connectivity index (χ3v) is 7.79. The molecule has 27 heavy (non-hydrogen) atoms. The van der Waals surface area contributed by atoms with Crippen molar-refractivity contribution in [2.24, 2.45) is 5.92 Å². The number of anilines is 1. The van der Waals surface area contributed by atoms with Crippen LogP contribution in [0.2, 0.25) is 5.02 Å². The highest BCUT2D eigenvalue weighted by molar-refractivity contribution is 7.89. The van der Waals surface area contributed by atoms with Crippen LogP contribution in [0.15, 0.2) is 23.1 Å². The minimum atomic E-state index is -3.70. The van der Waals surface area contributed by atoms with E-state index in [1.165, 1.54) is 21.7 Å². The number of rotatable bonds is 5. The van der Waals surface area contributed by atoms with Gasteiger partial charge in [0, 0.05) is 18.1 Å². The van der Waals surface area contributed by atoms with Crippen molar-refractivity contribution in [2.45, 2.75) is 38.0 Å². The number of hydrogen-bond acceptors (Lipinski definition) is 6. The SMILES string of the molecule is CCc1nnc(NC(=O)[C@H]2CCCN(S(=O)(=O)c3ccc(C)c(Cl)c3)C2)s1. The van der Waals surface area contributed by atoms with Gasteiger partial charge < -0.3 is 5.32 Å². The van der Waals surface area contributed by atoms with Crippen molar-refractivity contribution >= 4 is 44.0 Å². The van der Waals surface area contributed by atoms with Crippen LogP contribution in [0.5, 0.6) is 0 Å². The molecule has 7 nitrogen and oxygen atoms in total. The van der Waals surface area contributed by atoms with Crippen LogP contribution in [0.4, 0.5) is 5.13 Å². The van der Waals surface area contributed by atoms with Gasteiger partial charge in [0.25, 0.3) is 0 Å². The molecule has 1 N–H and O–H groups in total. The number of carbonyl (C=O) groups is 1. The number of piperidine rings is 1. The highest BCUT2D eigenvalue weighted by atomic mass is 35.5. The number of hydrogen-bond donors (Lipinski definition) is 1. The summed E-state index contributed by atoms with van der Waals surface area (Å²) in [5.41, 5.74) is 0.815. The van der Waals surface area contributed by atoms with E-state index in [4.69, 9.17) is 11.6 Å². The van der Waals surface area contributed by atoms with Crippen molar-refractivity contribution in [1.82, 2.24) is 14.5 Å². The maximum atomic E-state index is 12.9. The summed E-state index contributed by atoms with van der Waals surface area (Å²) in [6.45, 7) is 4.31. The van der Waals surface area contributed by atoms with Gasteiger partial charge in [-0.1, -0.05) is 35.9 Å². The first-order valence-corrected chi connectivity index (χ1v) is 11.3. The molecule has 0 spiro atoms. The zero-order chi connectivity index (χ0) is 19.6. The van der Waals surface area contributed by atoms with Gasteiger partial charge in [0.1, 0.15) is 5.01 Å². The Morgan fingerprint density at radius 3 is 2.85 bits per heavy atom. The summed E-state index contributed by atoms with van der Waals surface area (Å²) in [7, 11) is -3.70. The Morgan fingerprint density at radius 2 is 2.19 bits per heavy atom. The standard InChI is InChI=1S/C17H21ClN4O3S2/c1-3-15-20-21-17(26-15)19-16(23)12-5-4-8-22(10-12)27(24,25)13-7-6-11(2)14(18)9-13/h6-7,9,12H,3-5,8,10H2,1-2H3,(H,19,21,23)/t12-/m0/s1. The minimum absolute atomic E-state index is 0.138. The number of sulfonamides is 1. The topological polar surface area (TPSA) is 92.3 Å². The van der Waals surface area contributed by atoms with Crippen molar-refractivity contribution in [3.05, 3.63) is 33.8 Å². The first kappa shape index (κ1) is 20.2. The van der Waals surface area contributed by atoms with E-state index in [-0.39, 0.29) is 17.3 Å². The third kappa shape index (κ3) is 4.48. The zero-order valence-corrected chi connectivity index (χ0v) is 17.5. The quantitative estimate of drug-likeness (QED) is 0.789. The molecule has 1 aliphatic heterocycles. The molecule has 2 aromatic rings. The number of amides is 1.